The van der Waals surface area contributed by atoms with Gasteiger partial charge in [-0.05, 0) is 23.5 Å². The molecule has 4 heteroatoms. The quantitative estimate of drug-likeness (QED) is 0.600. The third-order valence-corrected chi connectivity index (χ3v) is 2.39. The molecule has 0 saturated carbocycles. The van der Waals surface area contributed by atoms with Crippen LogP contribution in [0.3, 0.4) is 0 Å². The van der Waals surface area contributed by atoms with Gasteiger partial charge >= 0.3 is 0 Å². The Balaban J connectivity index is 2.88. The average Bonchev–Trinajstić information content (AvgIpc) is 2.17. The molecule has 0 heterocycles. The highest BCUT2D eigenvalue weighted by molar-refractivity contribution is 5.26. The predicted molar refractivity (Wildman–Crippen MR) is 61.1 cm³/mol. The summed E-state index contributed by atoms with van der Waals surface area (Å²) in [6.45, 7) is 4.19. The molecular formula is C12H18F2N2. The summed E-state index contributed by atoms with van der Waals surface area (Å²) in [7, 11) is 0. The van der Waals surface area contributed by atoms with Crippen molar-refractivity contribution in [3.8, 4) is 0 Å². The molecule has 0 aliphatic heterocycles. The maximum absolute atomic E-state index is 12.6. The molecule has 90 valence electrons. The smallest absolute Gasteiger partial charge is 0.259 e. The lowest BCUT2D eigenvalue weighted by Crippen LogP contribution is -2.32. The van der Waals surface area contributed by atoms with Gasteiger partial charge in [-0.2, -0.15) is 0 Å². The Bertz CT molecular complexity index is 327. The minimum Gasteiger partial charge on any atom is -0.271 e. The highest BCUT2D eigenvalue weighted by Gasteiger charge is 2.20. The van der Waals surface area contributed by atoms with E-state index in [2.05, 4.69) is 19.3 Å². The Morgan fingerprint density at radius 2 is 2.00 bits per heavy atom. The van der Waals surface area contributed by atoms with Crippen LogP contribution in [-0.4, -0.2) is 6.43 Å². The molecule has 0 spiro atoms. The number of hydrazine groups is 1. The monoisotopic (exact) mass is 228 g/mol. The first kappa shape index (κ1) is 13.1. The zero-order valence-corrected chi connectivity index (χ0v) is 9.58. The van der Waals surface area contributed by atoms with Crippen LogP contribution in [0.15, 0.2) is 24.3 Å². The second kappa shape index (κ2) is 5.92. The van der Waals surface area contributed by atoms with Crippen LogP contribution in [0.1, 0.15) is 31.0 Å². The lowest BCUT2D eigenvalue weighted by atomic mass is 9.98. The molecule has 1 rings (SSSR count). The first-order valence-electron chi connectivity index (χ1n) is 5.37. The largest absolute Gasteiger partial charge is 0.271 e. The van der Waals surface area contributed by atoms with Gasteiger partial charge in [0.05, 0.1) is 0 Å². The van der Waals surface area contributed by atoms with Crippen molar-refractivity contribution in [1.82, 2.24) is 5.43 Å². The van der Waals surface area contributed by atoms with Gasteiger partial charge in [0.1, 0.15) is 6.04 Å². The maximum Gasteiger partial charge on any atom is 0.259 e. The van der Waals surface area contributed by atoms with Crippen LogP contribution in [-0.2, 0) is 6.42 Å². The predicted octanol–water partition coefficient (Wildman–Crippen LogP) is 2.65. The van der Waals surface area contributed by atoms with Crippen LogP contribution in [0.5, 0.6) is 0 Å². The van der Waals surface area contributed by atoms with Gasteiger partial charge in [-0.1, -0.05) is 38.1 Å². The fraction of sp³-hybridized carbons (Fsp3) is 0.500. The highest BCUT2D eigenvalue weighted by Crippen LogP contribution is 2.21. The van der Waals surface area contributed by atoms with Gasteiger partial charge < -0.3 is 0 Å². The van der Waals surface area contributed by atoms with Gasteiger partial charge in [-0.15, -0.1) is 0 Å². The Morgan fingerprint density at radius 3 is 2.50 bits per heavy atom. The number of nitrogens with two attached hydrogens (primary N) is 1. The van der Waals surface area contributed by atoms with E-state index in [4.69, 9.17) is 5.84 Å². The van der Waals surface area contributed by atoms with Crippen molar-refractivity contribution < 1.29 is 8.78 Å². The molecule has 3 N–H and O–H groups in total. The molecule has 0 aromatic heterocycles. The van der Waals surface area contributed by atoms with Crippen LogP contribution in [0.2, 0.25) is 0 Å². The molecule has 0 aliphatic rings. The zero-order valence-electron chi connectivity index (χ0n) is 9.58. The van der Waals surface area contributed by atoms with Gasteiger partial charge in [0.2, 0.25) is 0 Å². The van der Waals surface area contributed by atoms with Gasteiger partial charge in [-0.3, -0.25) is 5.84 Å². The molecule has 2 nitrogen and oxygen atoms in total. The molecule has 1 aromatic rings. The SMILES string of the molecule is CC(C)Cc1cccc(C(NN)C(F)F)c1. The summed E-state index contributed by atoms with van der Waals surface area (Å²) in [6.07, 6.45) is -1.62. The van der Waals surface area contributed by atoms with Crippen LogP contribution in [0, 0.1) is 5.92 Å². The minimum absolute atomic E-state index is 0.506. The van der Waals surface area contributed by atoms with E-state index in [0.29, 0.717) is 11.5 Å². The molecular weight excluding hydrogens is 210 g/mol. The van der Waals surface area contributed by atoms with Crippen molar-refractivity contribution in [1.29, 1.82) is 0 Å². The number of nitrogens with one attached hydrogen (secondary N) is 1. The van der Waals surface area contributed by atoms with Crippen LogP contribution in [0.4, 0.5) is 8.78 Å². The zero-order chi connectivity index (χ0) is 12.1. The van der Waals surface area contributed by atoms with Crippen molar-refractivity contribution in [2.45, 2.75) is 32.7 Å². The number of alkyl halides is 2. The fourth-order valence-electron chi connectivity index (χ4n) is 1.70. The molecule has 0 bridgehead atoms. The number of benzene rings is 1. The van der Waals surface area contributed by atoms with Crippen molar-refractivity contribution in [2.24, 2.45) is 11.8 Å². The Labute approximate surface area is 94.8 Å². The van der Waals surface area contributed by atoms with Crippen LogP contribution in [0.25, 0.3) is 0 Å². The molecule has 1 unspecified atom stereocenters. The number of hydrogen-bond donors (Lipinski definition) is 2. The van der Waals surface area contributed by atoms with E-state index in [-0.39, 0.29) is 0 Å². The van der Waals surface area contributed by atoms with Gasteiger partial charge in [0.15, 0.2) is 0 Å². The number of hydrogen-bond acceptors (Lipinski definition) is 2. The Morgan fingerprint density at radius 1 is 1.31 bits per heavy atom. The highest BCUT2D eigenvalue weighted by atomic mass is 19.3. The number of halogens is 2. The maximum atomic E-state index is 12.6. The van der Waals surface area contributed by atoms with Crippen molar-refractivity contribution in [3.05, 3.63) is 35.4 Å². The third kappa shape index (κ3) is 3.54. The first-order valence-corrected chi connectivity index (χ1v) is 5.37. The standard InChI is InChI=1S/C12H18F2N2/c1-8(2)6-9-4-3-5-10(7-9)11(16-15)12(13)14/h3-5,7-8,11-12,16H,6,15H2,1-2H3. The molecule has 0 radical (unpaired) electrons. The molecule has 0 amide bonds. The van der Waals surface area contributed by atoms with E-state index >= 15 is 0 Å². The van der Waals surface area contributed by atoms with E-state index in [1.807, 2.05) is 6.07 Å². The van der Waals surface area contributed by atoms with Crippen LogP contribution < -0.4 is 11.3 Å². The molecule has 0 fully saturated rings. The lowest BCUT2D eigenvalue weighted by molar-refractivity contribution is 0.0986. The van der Waals surface area contributed by atoms with Gasteiger partial charge in [0, 0.05) is 0 Å². The fourth-order valence-corrected chi connectivity index (χ4v) is 1.70. The van der Waals surface area contributed by atoms with E-state index in [1.165, 1.54) is 0 Å². The Hall–Kier alpha value is -1.00. The van der Waals surface area contributed by atoms with Crippen molar-refractivity contribution >= 4 is 0 Å². The third-order valence-electron chi connectivity index (χ3n) is 2.39. The Kier molecular flexibility index (Phi) is 4.83. The summed E-state index contributed by atoms with van der Waals surface area (Å²) in [4.78, 5) is 0. The average molecular weight is 228 g/mol. The topological polar surface area (TPSA) is 38.0 Å². The number of rotatable bonds is 5. The van der Waals surface area contributed by atoms with E-state index in [9.17, 15) is 8.78 Å². The van der Waals surface area contributed by atoms with Crippen molar-refractivity contribution in [3.63, 3.8) is 0 Å². The lowest BCUT2D eigenvalue weighted by Gasteiger charge is -2.16. The van der Waals surface area contributed by atoms with E-state index < -0.39 is 12.5 Å². The summed E-state index contributed by atoms with van der Waals surface area (Å²) in [5.74, 6) is 5.63. The van der Waals surface area contributed by atoms with Crippen molar-refractivity contribution in [2.75, 3.05) is 0 Å². The first-order chi connectivity index (χ1) is 7.54. The summed E-state index contributed by atoms with van der Waals surface area (Å²) < 4.78 is 25.3. The van der Waals surface area contributed by atoms with E-state index in [1.54, 1.807) is 18.2 Å². The summed E-state index contributed by atoms with van der Waals surface area (Å²) in [5, 5.41) is 0. The molecule has 0 aliphatic carbocycles. The molecule has 1 aromatic carbocycles. The van der Waals surface area contributed by atoms with Gasteiger partial charge in [-0.25, -0.2) is 14.2 Å². The van der Waals surface area contributed by atoms with Gasteiger partial charge in [0.25, 0.3) is 6.43 Å². The summed E-state index contributed by atoms with van der Waals surface area (Å²) >= 11 is 0. The second-order valence-electron chi connectivity index (χ2n) is 4.32. The van der Waals surface area contributed by atoms with Crippen LogP contribution >= 0.6 is 0 Å². The second-order valence-corrected chi connectivity index (χ2v) is 4.32. The summed E-state index contributed by atoms with van der Waals surface area (Å²) in [6, 6.07) is 6.10. The van der Waals surface area contributed by atoms with E-state index in [0.717, 1.165) is 12.0 Å². The summed E-state index contributed by atoms with van der Waals surface area (Å²) in [5.41, 5.74) is 3.75. The molecule has 0 saturated heterocycles. The molecule has 16 heavy (non-hydrogen) atoms. The molecule has 1 atom stereocenters. The minimum atomic E-state index is -2.50. The normalized spacial score (nSPS) is 13.4.